The predicted octanol–water partition coefficient (Wildman–Crippen LogP) is 6.22. The quantitative estimate of drug-likeness (QED) is 0.181. The Labute approximate surface area is 233 Å². The zero-order valence-electron chi connectivity index (χ0n) is 21.4. The number of ether oxygens (including phenoxy) is 1. The molecule has 0 heterocycles. The van der Waals surface area contributed by atoms with Crippen molar-refractivity contribution in [1.82, 2.24) is 5.32 Å². The third-order valence-electron chi connectivity index (χ3n) is 6.44. The van der Waals surface area contributed by atoms with E-state index in [1.54, 1.807) is 6.07 Å². The molecule has 2 atom stereocenters. The first kappa shape index (κ1) is 29.9. The average molecular weight is 561 g/mol. The Hall–Kier alpha value is -2.64. The van der Waals surface area contributed by atoms with Crippen LogP contribution in [0.2, 0.25) is 10.0 Å². The van der Waals surface area contributed by atoms with Gasteiger partial charge in [0.05, 0.1) is 10.0 Å². The van der Waals surface area contributed by atoms with E-state index in [4.69, 9.17) is 27.9 Å². The molecule has 3 aromatic rings. The van der Waals surface area contributed by atoms with Crippen molar-refractivity contribution >= 4 is 45.9 Å². The number of carboxylic acid groups (broad SMARTS) is 1. The van der Waals surface area contributed by atoms with E-state index in [2.05, 4.69) is 35.6 Å². The van der Waals surface area contributed by atoms with Crippen molar-refractivity contribution in [3.8, 4) is 0 Å². The van der Waals surface area contributed by atoms with E-state index in [1.807, 2.05) is 24.3 Å². The number of halogens is 2. The number of carbonyl (C=O) groups excluding carboxylic acids is 1. The van der Waals surface area contributed by atoms with Crippen LogP contribution in [0.15, 0.2) is 60.7 Å². The minimum Gasteiger partial charge on any atom is -0.479 e. The molecule has 2 unspecified atom stereocenters. The van der Waals surface area contributed by atoms with Gasteiger partial charge in [0.2, 0.25) is 0 Å². The molecule has 1 amide bonds. The van der Waals surface area contributed by atoms with Crippen LogP contribution in [-0.2, 0) is 27.2 Å². The summed E-state index contributed by atoms with van der Waals surface area (Å²) in [5, 5.41) is 25.4. The molecule has 0 bridgehead atoms. The molecule has 0 aliphatic heterocycles. The summed E-state index contributed by atoms with van der Waals surface area (Å²) in [7, 11) is 0. The second-order valence-corrected chi connectivity index (χ2v) is 10.2. The summed E-state index contributed by atoms with van der Waals surface area (Å²) in [6.07, 6.45) is 3.38. The highest BCUT2D eigenvalue weighted by Gasteiger charge is 2.32. The summed E-state index contributed by atoms with van der Waals surface area (Å²) >= 11 is 12.0. The summed E-state index contributed by atoms with van der Waals surface area (Å²) in [4.78, 5) is 23.8. The monoisotopic (exact) mass is 559 g/mol. The largest absolute Gasteiger partial charge is 0.479 e. The first-order chi connectivity index (χ1) is 18.3. The van der Waals surface area contributed by atoms with Crippen molar-refractivity contribution in [3.63, 3.8) is 0 Å². The van der Waals surface area contributed by atoms with Gasteiger partial charge < -0.3 is 20.3 Å². The number of aliphatic hydroxyl groups is 1. The molecule has 0 fully saturated rings. The number of rotatable bonds is 16. The number of aliphatic hydroxyl groups excluding tert-OH is 1. The van der Waals surface area contributed by atoms with Gasteiger partial charge in [0, 0.05) is 13.2 Å². The summed E-state index contributed by atoms with van der Waals surface area (Å²) in [6, 6.07) is 20.3. The van der Waals surface area contributed by atoms with Crippen molar-refractivity contribution in [2.45, 2.75) is 63.6 Å². The molecule has 0 saturated heterocycles. The van der Waals surface area contributed by atoms with Gasteiger partial charge in [0.25, 0.3) is 5.91 Å². The molecular weight excluding hydrogens is 525 g/mol. The van der Waals surface area contributed by atoms with Crippen LogP contribution in [0.25, 0.3) is 10.8 Å². The number of carbonyl (C=O) groups is 2. The number of nitrogens with one attached hydrogen (secondary N) is 1. The number of amides is 1. The normalized spacial score (nSPS) is 12.8. The highest BCUT2D eigenvalue weighted by atomic mass is 35.5. The van der Waals surface area contributed by atoms with Gasteiger partial charge in [-0.3, -0.25) is 4.79 Å². The van der Waals surface area contributed by atoms with Crippen LogP contribution in [0.5, 0.6) is 0 Å². The molecular formula is C30H35Cl2NO5. The summed E-state index contributed by atoms with van der Waals surface area (Å²) < 4.78 is 5.50. The van der Waals surface area contributed by atoms with Crippen molar-refractivity contribution in [2.75, 3.05) is 13.2 Å². The Kier molecular flexibility index (Phi) is 12.4. The maximum absolute atomic E-state index is 12.5. The molecule has 0 aliphatic rings. The van der Waals surface area contributed by atoms with Crippen molar-refractivity contribution < 1.29 is 24.5 Å². The molecule has 204 valence electrons. The van der Waals surface area contributed by atoms with E-state index in [1.165, 1.54) is 16.3 Å². The fraction of sp³-hybridized carbons (Fsp3) is 0.400. The van der Waals surface area contributed by atoms with E-state index < -0.39 is 24.1 Å². The molecule has 38 heavy (non-hydrogen) atoms. The van der Waals surface area contributed by atoms with Crippen LogP contribution in [0, 0.1) is 0 Å². The maximum Gasteiger partial charge on any atom is 0.335 e. The first-order valence-corrected chi connectivity index (χ1v) is 13.8. The molecule has 3 rings (SSSR count). The Morgan fingerprint density at radius 2 is 1.45 bits per heavy atom. The van der Waals surface area contributed by atoms with Gasteiger partial charge in [0.1, 0.15) is 0 Å². The second-order valence-electron chi connectivity index (χ2n) is 9.42. The van der Waals surface area contributed by atoms with Gasteiger partial charge in [-0.1, -0.05) is 84.6 Å². The third kappa shape index (κ3) is 9.59. The van der Waals surface area contributed by atoms with Crippen LogP contribution in [-0.4, -0.2) is 47.4 Å². The molecule has 6 nitrogen and oxygen atoms in total. The fourth-order valence-electron chi connectivity index (χ4n) is 4.29. The third-order valence-corrected chi connectivity index (χ3v) is 7.18. The van der Waals surface area contributed by atoms with Crippen molar-refractivity contribution in [3.05, 3.63) is 81.8 Å². The van der Waals surface area contributed by atoms with Crippen molar-refractivity contribution in [1.29, 1.82) is 0 Å². The molecule has 8 heteroatoms. The molecule has 0 spiro atoms. The molecule has 3 N–H and O–H groups in total. The minimum atomic E-state index is -1.92. The lowest BCUT2D eigenvalue weighted by molar-refractivity contribution is -0.162. The zero-order chi connectivity index (χ0) is 27.3. The Bertz CT molecular complexity index is 1200. The predicted molar refractivity (Wildman–Crippen MR) is 152 cm³/mol. The van der Waals surface area contributed by atoms with Crippen LogP contribution in [0.4, 0.5) is 0 Å². The molecule has 0 radical (unpaired) electrons. The smallest absolute Gasteiger partial charge is 0.335 e. The summed E-state index contributed by atoms with van der Waals surface area (Å²) in [5.41, 5.74) is 2.36. The lowest BCUT2D eigenvalue weighted by Crippen LogP contribution is -2.47. The van der Waals surface area contributed by atoms with E-state index in [0.717, 1.165) is 50.5 Å². The minimum absolute atomic E-state index is 0.176. The summed E-state index contributed by atoms with van der Waals surface area (Å²) in [5.74, 6) is -2.09. The highest BCUT2D eigenvalue weighted by Crippen LogP contribution is 2.23. The Balaban J connectivity index is 1.33. The Morgan fingerprint density at radius 1 is 0.789 bits per heavy atom. The number of hydrogen-bond donors (Lipinski definition) is 3. The second kappa shape index (κ2) is 15.7. The lowest BCUT2D eigenvalue weighted by atomic mass is 10.0. The highest BCUT2D eigenvalue weighted by molar-refractivity contribution is 6.42. The first-order valence-electron chi connectivity index (χ1n) is 13.1. The SMILES string of the molecule is O=C(O)C(O)C(OCCCCCc1ccc(Cl)c(Cl)c1)C(=O)NCCCCCc1ccc2ccccc2c1. The molecule has 0 saturated carbocycles. The standard InChI is InChI=1S/C30H35Cl2NO5/c31-25-16-14-22(20-26(25)32)10-4-2-8-18-38-28(27(34)30(36)37)29(35)33-17-7-1-3-9-21-13-15-23-11-5-6-12-24(23)19-21/h5-6,11-16,19-20,27-28,34H,1-4,7-10,17-18H2,(H,33,35)(H,36,37). The van der Waals surface area contributed by atoms with E-state index in [-0.39, 0.29) is 6.61 Å². The number of fused-ring (bicyclic) bond motifs is 1. The molecule has 3 aromatic carbocycles. The van der Waals surface area contributed by atoms with Crippen LogP contribution >= 0.6 is 23.2 Å². The fourth-order valence-corrected chi connectivity index (χ4v) is 4.61. The zero-order valence-corrected chi connectivity index (χ0v) is 22.9. The van der Waals surface area contributed by atoms with Crippen LogP contribution in [0.3, 0.4) is 0 Å². The molecule has 0 aliphatic carbocycles. The van der Waals surface area contributed by atoms with Gasteiger partial charge in [0.15, 0.2) is 12.2 Å². The molecule has 0 aromatic heterocycles. The number of hydrogen-bond acceptors (Lipinski definition) is 4. The van der Waals surface area contributed by atoms with E-state index in [0.29, 0.717) is 23.0 Å². The number of benzene rings is 3. The topological polar surface area (TPSA) is 95.9 Å². The van der Waals surface area contributed by atoms with Gasteiger partial charge >= 0.3 is 5.97 Å². The number of carboxylic acids is 1. The van der Waals surface area contributed by atoms with Gasteiger partial charge in [-0.15, -0.1) is 0 Å². The number of unbranched alkanes of at least 4 members (excludes halogenated alkanes) is 4. The van der Waals surface area contributed by atoms with Crippen LogP contribution < -0.4 is 5.32 Å². The average Bonchev–Trinajstić information content (AvgIpc) is 2.91. The van der Waals surface area contributed by atoms with E-state index >= 15 is 0 Å². The van der Waals surface area contributed by atoms with Gasteiger partial charge in [-0.2, -0.15) is 0 Å². The van der Waals surface area contributed by atoms with Crippen molar-refractivity contribution in [2.24, 2.45) is 0 Å². The van der Waals surface area contributed by atoms with Gasteiger partial charge in [-0.05, 0) is 72.6 Å². The number of aliphatic carboxylic acids is 1. The summed E-state index contributed by atoms with van der Waals surface area (Å²) in [6.45, 7) is 0.571. The lowest BCUT2D eigenvalue weighted by Gasteiger charge is -2.20. The van der Waals surface area contributed by atoms with Crippen LogP contribution in [0.1, 0.15) is 49.7 Å². The van der Waals surface area contributed by atoms with Gasteiger partial charge in [-0.25, -0.2) is 4.79 Å². The maximum atomic E-state index is 12.5. The Morgan fingerprint density at radius 3 is 2.16 bits per heavy atom. The number of aryl methyl sites for hydroxylation is 2. The van der Waals surface area contributed by atoms with E-state index in [9.17, 15) is 19.8 Å².